The molecule has 192 valence electrons. The van der Waals surface area contributed by atoms with Gasteiger partial charge in [-0.15, -0.1) is 0 Å². The fraction of sp³-hybridized carbons (Fsp3) is 0.233. The molecule has 8 heteroatoms. The van der Waals surface area contributed by atoms with Crippen molar-refractivity contribution in [3.8, 4) is 17.1 Å². The van der Waals surface area contributed by atoms with Gasteiger partial charge in [0.2, 0.25) is 0 Å². The molecule has 1 saturated carbocycles. The van der Waals surface area contributed by atoms with Crippen LogP contribution in [0, 0.1) is 11.6 Å². The van der Waals surface area contributed by atoms with Crippen molar-refractivity contribution >= 4 is 22.4 Å². The molecule has 0 spiro atoms. The number of aromatic nitrogens is 3. The molecule has 3 aliphatic rings. The summed E-state index contributed by atoms with van der Waals surface area (Å²) < 4.78 is 35.7. The summed E-state index contributed by atoms with van der Waals surface area (Å²) in [5, 5.41) is 4.23. The molecular formula is C30H27F2N5O. The predicted octanol–water partition coefficient (Wildman–Crippen LogP) is 6.41. The summed E-state index contributed by atoms with van der Waals surface area (Å²) in [6.45, 7) is 0. The van der Waals surface area contributed by atoms with Crippen molar-refractivity contribution in [2.24, 2.45) is 4.99 Å². The number of para-hydroxylation sites is 2. The van der Waals surface area contributed by atoms with E-state index in [-0.39, 0.29) is 12.1 Å². The molecule has 0 bridgehead atoms. The van der Waals surface area contributed by atoms with E-state index in [0.717, 1.165) is 65.2 Å². The van der Waals surface area contributed by atoms with E-state index in [4.69, 9.17) is 14.7 Å². The summed E-state index contributed by atoms with van der Waals surface area (Å²) in [6, 6.07) is 19.5. The first-order chi connectivity index (χ1) is 18.6. The van der Waals surface area contributed by atoms with Gasteiger partial charge in [-0.25, -0.2) is 13.8 Å². The quantitative estimate of drug-likeness (QED) is 0.277. The number of benzene rings is 3. The molecule has 0 atom stereocenters. The number of nitrogens with zero attached hydrogens (tertiary/aromatic N) is 4. The molecule has 0 saturated heterocycles. The lowest BCUT2D eigenvalue weighted by Gasteiger charge is -2.25. The second-order valence-corrected chi connectivity index (χ2v) is 9.55. The Balaban J connectivity index is 1.59. The standard InChI is InChI=1S/C30H27F2N5O/c1-38-22-11-8-19(9-12-22)34-27-17-30-28(16-26(27)35-20-5-4-14-33-18-20)36-25-6-2-3-7-29(25)37(30)21-10-13-23(31)24(32)15-21/h2-7,10,13-19,22,35H,8-9,11-12H2,1H3/b34-27+. The fourth-order valence-electron chi connectivity index (χ4n) is 5.15. The first-order valence-electron chi connectivity index (χ1n) is 12.7. The van der Waals surface area contributed by atoms with Crippen molar-refractivity contribution in [3.05, 3.63) is 96.1 Å². The van der Waals surface area contributed by atoms with Crippen LogP contribution in [0.3, 0.4) is 0 Å². The number of pyridine rings is 1. The average molecular weight is 512 g/mol. The van der Waals surface area contributed by atoms with Crippen LogP contribution in [0.1, 0.15) is 25.7 Å². The van der Waals surface area contributed by atoms with E-state index < -0.39 is 11.6 Å². The summed E-state index contributed by atoms with van der Waals surface area (Å²) in [5.74, 6) is -1.79. The Morgan fingerprint density at radius 2 is 1.79 bits per heavy atom. The second-order valence-electron chi connectivity index (χ2n) is 9.55. The van der Waals surface area contributed by atoms with Crippen molar-refractivity contribution in [1.82, 2.24) is 14.5 Å². The van der Waals surface area contributed by atoms with Gasteiger partial charge < -0.3 is 14.6 Å². The third-order valence-electron chi connectivity index (χ3n) is 7.10. The lowest BCUT2D eigenvalue weighted by molar-refractivity contribution is 0.0663. The largest absolute Gasteiger partial charge is 0.381 e. The van der Waals surface area contributed by atoms with Crippen LogP contribution in [-0.4, -0.2) is 33.8 Å². The van der Waals surface area contributed by atoms with Crippen molar-refractivity contribution < 1.29 is 13.5 Å². The van der Waals surface area contributed by atoms with Crippen molar-refractivity contribution in [1.29, 1.82) is 0 Å². The summed E-state index contributed by atoms with van der Waals surface area (Å²) in [6.07, 6.45) is 7.55. The molecule has 2 aliphatic carbocycles. The highest BCUT2D eigenvalue weighted by Gasteiger charge is 2.22. The molecule has 1 N–H and O–H groups in total. The van der Waals surface area contributed by atoms with Crippen LogP contribution in [0.2, 0.25) is 0 Å². The van der Waals surface area contributed by atoms with Crippen molar-refractivity contribution in [2.75, 3.05) is 12.4 Å². The zero-order valence-corrected chi connectivity index (χ0v) is 20.9. The highest BCUT2D eigenvalue weighted by atomic mass is 19.2. The minimum atomic E-state index is -0.904. The molecule has 1 aromatic heterocycles. The number of hydrogen-bond donors (Lipinski definition) is 1. The Bertz CT molecular complexity index is 1630. The minimum Gasteiger partial charge on any atom is -0.381 e. The number of ether oxygens (including phenoxy) is 1. The van der Waals surface area contributed by atoms with E-state index in [1.54, 1.807) is 25.6 Å². The van der Waals surface area contributed by atoms with Gasteiger partial charge in [-0.3, -0.25) is 9.98 Å². The number of rotatable bonds is 5. The number of hydrogen-bond acceptors (Lipinski definition) is 5. The number of anilines is 2. The van der Waals surface area contributed by atoms with Gasteiger partial charge in [0.15, 0.2) is 11.6 Å². The zero-order valence-electron chi connectivity index (χ0n) is 20.9. The first kappa shape index (κ1) is 24.2. The predicted molar refractivity (Wildman–Crippen MR) is 144 cm³/mol. The van der Waals surface area contributed by atoms with Crippen LogP contribution in [0.5, 0.6) is 0 Å². The van der Waals surface area contributed by atoms with E-state index in [1.807, 2.05) is 53.1 Å². The summed E-state index contributed by atoms with van der Waals surface area (Å²) in [4.78, 5) is 14.3. The summed E-state index contributed by atoms with van der Waals surface area (Å²) in [7, 11) is 1.76. The maximum atomic E-state index is 14.4. The Morgan fingerprint density at radius 1 is 0.947 bits per heavy atom. The number of fused-ring (bicyclic) bond motifs is 2. The molecule has 38 heavy (non-hydrogen) atoms. The second kappa shape index (κ2) is 10.3. The molecular weight excluding hydrogens is 484 g/mol. The monoisotopic (exact) mass is 511 g/mol. The van der Waals surface area contributed by atoms with Gasteiger partial charge in [0.1, 0.15) is 0 Å². The third-order valence-corrected chi connectivity index (χ3v) is 7.10. The maximum absolute atomic E-state index is 14.4. The highest BCUT2D eigenvalue weighted by molar-refractivity contribution is 5.84. The normalized spacial score (nSPS) is 18.2. The van der Waals surface area contributed by atoms with Crippen LogP contribution in [0.15, 0.2) is 84.1 Å². The molecule has 3 aromatic rings. The van der Waals surface area contributed by atoms with E-state index in [2.05, 4.69) is 10.3 Å². The minimum absolute atomic E-state index is 0.151. The van der Waals surface area contributed by atoms with Crippen LogP contribution >= 0.6 is 0 Å². The Hall–Kier alpha value is -4.17. The van der Waals surface area contributed by atoms with E-state index >= 15 is 0 Å². The first-order valence-corrected chi connectivity index (χ1v) is 12.7. The lowest BCUT2D eigenvalue weighted by Crippen LogP contribution is -2.25. The average Bonchev–Trinajstić information content (AvgIpc) is 2.95. The van der Waals surface area contributed by atoms with Gasteiger partial charge >= 0.3 is 0 Å². The molecule has 6 nitrogen and oxygen atoms in total. The topological polar surface area (TPSA) is 64.3 Å². The third kappa shape index (κ3) is 4.75. The number of halogens is 2. The van der Waals surface area contributed by atoms with Crippen LogP contribution in [0.25, 0.3) is 28.1 Å². The number of methoxy groups -OCH3 is 1. The molecule has 1 aliphatic heterocycles. The molecule has 1 fully saturated rings. The van der Waals surface area contributed by atoms with Gasteiger partial charge in [-0.2, -0.15) is 0 Å². The molecule has 2 aromatic carbocycles. The SMILES string of the molecule is COC1CCC(/N=c2\cc3n(-c4ccc(F)c(F)c4)c4ccccc4nc-3cc2Nc2cccnc2)CC1. The van der Waals surface area contributed by atoms with Crippen LogP contribution < -0.4 is 10.7 Å². The van der Waals surface area contributed by atoms with Gasteiger partial charge in [-0.1, -0.05) is 12.1 Å². The van der Waals surface area contributed by atoms with Crippen LogP contribution in [0.4, 0.5) is 20.2 Å². The molecule has 6 rings (SSSR count). The highest BCUT2D eigenvalue weighted by Crippen LogP contribution is 2.31. The van der Waals surface area contributed by atoms with E-state index in [1.165, 1.54) is 6.07 Å². The fourth-order valence-corrected chi connectivity index (χ4v) is 5.15. The van der Waals surface area contributed by atoms with Gasteiger partial charge in [0.05, 0.1) is 57.5 Å². The van der Waals surface area contributed by atoms with Gasteiger partial charge in [0.25, 0.3) is 0 Å². The summed E-state index contributed by atoms with van der Waals surface area (Å²) in [5.41, 5.74) is 5.11. The lowest BCUT2D eigenvalue weighted by atomic mass is 9.93. The Labute approximate surface area is 219 Å². The van der Waals surface area contributed by atoms with Gasteiger partial charge in [0, 0.05) is 25.1 Å². The molecule has 0 radical (unpaired) electrons. The van der Waals surface area contributed by atoms with Gasteiger partial charge in [-0.05, 0) is 74.2 Å². The molecule has 0 unspecified atom stereocenters. The van der Waals surface area contributed by atoms with E-state index in [0.29, 0.717) is 11.4 Å². The Kier molecular flexibility index (Phi) is 6.55. The maximum Gasteiger partial charge on any atom is 0.160 e. The summed E-state index contributed by atoms with van der Waals surface area (Å²) >= 11 is 0. The smallest absolute Gasteiger partial charge is 0.160 e. The Morgan fingerprint density at radius 3 is 2.55 bits per heavy atom. The van der Waals surface area contributed by atoms with Crippen molar-refractivity contribution in [3.63, 3.8) is 0 Å². The molecule has 2 heterocycles. The molecule has 0 amide bonds. The number of nitrogens with one attached hydrogen (secondary N) is 1. The van der Waals surface area contributed by atoms with Crippen molar-refractivity contribution in [2.45, 2.75) is 37.8 Å². The van der Waals surface area contributed by atoms with Crippen LogP contribution in [-0.2, 0) is 4.74 Å². The van der Waals surface area contributed by atoms with E-state index in [9.17, 15) is 8.78 Å². The zero-order chi connectivity index (χ0) is 26.1.